The molecule has 2 aromatic rings. The molecule has 1 aliphatic rings. The first-order chi connectivity index (χ1) is 7.69. The van der Waals surface area contributed by atoms with Crippen molar-refractivity contribution in [2.24, 2.45) is 5.73 Å². The third kappa shape index (κ3) is 1.41. The van der Waals surface area contributed by atoms with Crippen LogP contribution >= 0.6 is 15.9 Å². The van der Waals surface area contributed by atoms with E-state index in [4.69, 9.17) is 14.7 Å². The fourth-order valence-corrected chi connectivity index (χ4v) is 2.12. The molecule has 2 heterocycles. The standard InChI is InChI=1S/C10H10BrN3O2/c11-6-2-5-15-7(6)8-13-9(14-16-8)10(12)3-1-4-10/h2,5H,1,3-4,12H2. The van der Waals surface area contributed by atoms with Crippen molar-refractivity contribution < 1.29 is 8.94 Å². The Morgan fingerprint density at radius 3 is 2.81 bits per heavy atom. The molecule has 16 heavy (non-hydrogen) atoms. The van der Waals surface area contributed by atoms with Gasteiger partial charge < -0.3 is 14.7 Å². The molecule has 1 saturated carbocycles. The van der Waals surface area contributed by atoms with Crippen LogP contribution in [0.2, 0.25) is 0 Å². The van der Waals surface area contributed by atoms with Crippen molar-refractivity contribution in [2.45, 2.75) is 24.8 Å². The molecule has 0 amide bonds. The number of nitrogens with two attached hydrogens (primary N) is 1. The molecule has 3 rings (SSSR count). The van der Waals surface area contributed by atoms with Crippen LogP contribution in [-0.2, 0) is 5.54 Å². The fourth-order valence-electron chi connectivity index (χ4n) is 1.75. The predicted molar refractivity (Wildman–Crippen MR) is 59.4 cm³/mol. The minimum atomic E-state index is -0.402. The highest BCUT2D eigenvalue weighted by Crippen LogP contribution is 2.38. The van der Waals surface area contributed by atoms with Crippen LogP contribution in [0.15, 0.2) is 25.7 Å². The van der Waals surface area contributed by atoms with Crippen molar-refractivity contribution in [3.8, 4) is 11.7 Å². The molecule has 2 N–H and O–H groups in total. The summed E-state index contributed by atoms with van der Waals surface area (Å²) in [5.74, 6) is 1.47. The summed E-state index contributed by atoms with van der Waals surface area (Å²) >= 11 is 3.34. The summed E-state index contributed by atoms with van der Waals surface area (Å²) in [5.41, 5.74) is 5.70. The lowest BCUT2D eigenvalue weighted by Gasteiger charge is -2.34. The number of halogens is 1. The minimum Gasteiger partial charge on any atom is -0.458 e. The SMILES string of the molecule is NC1(c2noc(-c3occc3Br)n2)CCC1. The van der Waals surface area contributed by atoms with Crippen LogP contribution in [0.3, 0.4) is 0 Å². The Morgan fingerprint density at radius 2 is 2.25 bits per heavy atom. The Kier molecular flexibility index (Phi) is 2.15. The van der Waals surface area contributed by atoms with E-state index in [1.807, 2.05) is 0 Å². The van der Waals surface area contributed by atoms with Gasteiger partial charge in [0.15, 0.2) is 5.82 Å². The number of hydrogen-bond donors (Lipinski definition) is 1. The van der Waals surface area contributed by atoms with Crippen molar-refractivity contribution in [2.75, 3.05) is 0 Å². The highest BCUT2D eigenvalue weighted by molar-refractivity contribution is 9.10. The van der Waals surface area contributed by atoms with Gasteiger partial charge in [0, 0.05) is 0 Å². The lowest BCUT2D eigenvalue weighted by molar-refractivity contribution is 0.229. The van der Waals surface area contributed by atoms with Gasteiger partial charge >= 0.3 is 0 Å². The molecule has 0 saturated heterocycles. The second-order valence-electron chi connectivity index (χ2n) is 4.03. The number of furan rings is 1. The number of hydrogen-bond acceptors (Lipinski definition) is 5. The van der Waals surface area contributed by atoms with Gasteiger partial charge in [0.1, 0.15) is 0 Å². The quantitative estimate of drug-likeness (QED) is 0.916. The summed E-state index contributed by atoms with van der Waals surface area (Å²) in [7, 11) is 0. The van der Waals surface area contributed by atoms with Crippen LogP contribution in [-0.4, -0.2) is 10.1 Å². The molecule has 6 heteroatoms. The smallest absolute Gasteiger partial charge is 0.294 e. The molecule has 0 aromatic carbocycles. The fraction of sp³-hybridized carbons (Fsp3) is 0.400. The topological polar surface area (TPSA) is 78.1 Å². The van der Waals surface area contributed by atoms with Gasteiger partial charge in [-0.3, -0.25) is 0 Å². The van der Waals surface area contributed by atoms with Gasteiger partial charge in [-0.1, -0.05) is 5.16 Å². The summed E-state index contributed by atoms with van der Waals surface area (Å²) < 4.78 is 11.2. The second kappa shape index (κ2) is 3.43. The highest BCUT2D eigenvalue weighted by atomic mass is 79.9. The Morgan fingerprint density at radius 1 is 1.44 bits per heavy atom. The molecule has 84 valence electrons. The molecule has 1 fully saturated rings. The maximum Gasteiger partial charge on any atom is 0.294 e. The summed E-state index contributed by atoms with van der Waals surface area (Å²) in [6.07, 6.45) is 4.49. The number of aromatic nitrogens is 2. The Labute approximate surface area is 100 Å². The summed E-state index contributed by atoms with van der Waals surface area (Å²) in [6.45, 7) is 0. The van der Waals surface area contributed by atoms with E-state index >= 15 is 0 Å². The molecule has 0 bridgehead atoms. The lowest BCUT2D eigenvalue weighted by atomic mass is 9.77. The monoisotopic (exact) mass is 283 g/mol. The van der Waals surface area contributed by atoms with E-state index < -0.39 is 5.54 Å². The van der Waals surface area contributed by atoms with Crippen molar-refractivity contribution in [3.63, 3.8) is 0 Å². The third-order valence-electron chi connectivity index (χ3n) is 2.93. The van der Waals surface area contributed by atoms with Gasteiger partial charge in [0.25, 0.3) is 5.89 Å². The number of rotatable bonds is 2. The minimum absolute atomic E-state index is 0.364. The average molecular weight is 284 g/mol. The first-order valence-electron chi connectivity index (χ1n) is 5.05. The Bertz CT molecular complexity index is 516. The molecule has 0 aliphatic heterocycles. The zero-order valence-electron chi connectivity index (χ0n) is 8.44. The molecule has 0 spiro atoms. The Balaban J connectivity index is 1.97. The van der Waals surface area contributed by atoms with E-state index in [1.165, 1.54) is 0 Å². The Hall–Kier alpha value is -1.14. The second-order valence-corrected chi connectivity index (χ2v) is 4.88. The first-order valence-corrected chi connectivity index (χ1v) is 5.85. The number of nitrogens with zero attached hydrogens (tertiary/aromatic N) is 2. The van der Waals surface area contributed by atoms with Gasteiger partial charge in [-0.25, -0.2) is 0 Å². The lowest BCUT2D eigenvalue weighted by Crippen LogP contribution is -2.44. The van der Waals surface area contributed by atoms with Crippen LogP contribution < -0.4 is 5.73 Å². The predicted octanol–water partition coefficient (Wildman–Crippen LogP) is 2.43. The van der Waals surface area contributed by atoms with Gasteiger partial charge in [-0.05, 0) is 41.3 Å². The molecular formula is C10H10BrN3O2. The van der Waals surface area contributed by atoms with Crippen LogP contribution in [0.5, 0.6) is 0 Å². The summed E-state index contributed by atoms with van der Waals surface area (Å²) in [5, 5.41) is 3.92. The molecule has 0 radical (unpaired) electrons. The van der Waals surface area contributed by atoms with Crippen LogP contribution in [0, 0.1) is 0 Å². The zero-order valence-corrected chi connectivity index (χ0v) is 10.0. The van der Waals surface area contributed by atoms with Gasteiger partial charge in [0.2, 0.25) is 5.76 Å². The van der Waals surface area contributed by atoms with Gasteiger partial charge in [-0.15, -0.1) is 0 Å². The van der Waals surface area contributed by atoms with Crippen LogP contribution in [0.25, 0.3) is 11.7 Å². The first kappa shape index (κ1) is 10.0. The molecule has 2 aromatic heterocycles. The van der Waals surface area contributed by atoms with Crippen molar-refractivity contribution in [3.05, 3.63) is 22.6 Å². The molecule has 0 atom stereocenters. The largest absolute Gasteiger partial charge is 0.458 e. The summed E-state index contributed by atoms with van der Waals surface area (Å²) in [4.78, 5) is 4.28. The van der Waals surface area contributed by atoms with Gasteiger partial charge in [0.05, 0.1) is 16.3 Å². The van der Waals surface area contributed by atoms with E-state index in [2.05, 4.69) is 26.1 Å². The van der Waals surface area contributed by atoms with Crippen molar-refractivity contribution in [1.29, 1.82) is 0 Å². The van der Waals surface area contributed by atoms with E-state index in [0.29, 0.717) is 17.5 Å². The maximum absolute atomic E-state index is 6.10. The molecule has 0 unspecified atom stereocenters. The third-order valence-corrected chi connectivity index (χ3v) is 3.55. The van der Waals surface area contributed by atoms with Crippen LogP contribution in [0.4, 0.5) is 0 Å². The van der Waals surface area contributed by atoms with Crippen LogP contribution in [0.1, 0.15) is 25.1 Å². The van der Waals surface area contributed by atoms with E-state index in [0.717, 1.165) is 23.7 Å². The van der Waals surface area contributed by atoms with Crippen molar-refractivity contribution in [1.82, 2.24) is 10.1 Å². The van der Waals surface area contributed by atoms with Crippen molar-refractivity contribution >= 4 is 15.9 Å². The zero-order chi connectivity index (χ0) is 11.2. The highest BCUT2D eigenvalue weighted by Gasteiger charge is 2.39. The van der Waals surface area contributed by atoms with Gasteiger partial charge in [-0.2, -0.15) is 4.98 Å². The normalized spacial score (nSPS) is 18.4. The average Bonchev–Trinajstić information content (AvgIpc) is 2.82. The van der Waals surface area contributed by atoms with E-state index in [1.54, 1.807) is 12.3 Å². The molecule has 5 nitrogen and oxygen atoms in total. The molecular weight excluding hydrogens is 274 g/mol. The van der Waals surface area contributed by atoms with E-state index in [-0.39, 0.29) is 0 Å². The maximum atomic E-state index is 6.10. The molecule has 1 aliphatic carbocycles. The van der Waals surface area contributed by atoms with E-state index in [9.17, 15) is 0 Å². The summed E-state index contributed by atoms with van der Waals surface area (Å²) in [6, 6.07) is 1.78.